The molecule has 1 aliphatic rings. The fraction of sp³-hybridized carbons (Fsp3) is 0.500. The van der Waals surface area contributed by atoms with E-state index in [4.69, 9.17) is 0 Å². The van der Waals surface area contributed by atoms with E-state index in [9.17, 15) is 4.79 Å². The summed E-state index contributed by atoms with van der Waals surface area (Å²) >= 11 is 1.54. The highest BCUT2D eigenvalue weighted by Crippen LogP contribution is 2.22. The average Bonchev–Trinajstić information content (AvgIpc) is 3.01. The first-order valence-electron chi connectivity index (χ1n) is 8.55. The molecule has 3 heterocycles. The van der Waals surface area contributed by atoms with E-state index in [0.29, 0.717) is 0 Å². The standard InChI is InChI=1S/C18H24N4OS/c1-3-21-10-12-22(13-11-21)18(23)17-14(2)20-16(24-17)8-7-15-6-4-5-9-19-15/h4-6,9H,3,7-8,10-13H2,1-2H3. The second kappa shape index (κ2) is 7.85. The molecule has 0 unspecified atom stereocenters. The summed E-state index contributed by atoms with van der Waals surface area (Å²) in [5.74, 6) is 0.143. The molecule has 2 aromatic rings. The van der Waals surface area contributed by atoms with Gasteiger partial charge in [0.05, 0.1) is 10.7 Å². The fourth-order valence-corrected chi connectivity index (χ4v) is 3.98. The van der Waals surface area contributed by atoms with Crippen molar-refractivity contribution in [3.8, 4) is 0 Å². The normalized spacial score (nSPS) is 15.7. The van der Waals surface area contributed by atoms with Gasteiger partial charge in [0.25, 0.3) is 5.91 Å². The van der Waals surface area contributed by atoms with Gasteiger partial charge in [0.2, 0.25) is 0 Å². The highest BCUT2D eigenvalue weighted by molar-refractivity contribution is 7.13. The Morgan fingerprint density at radius 3 is 2.67 bits per heavy atom. The Morgan fingerprint density at radius 2 is 2.00 bits per heavy atom. The monoisotopic (exact) mass is 344 g/mol. The summed E-state index contributed by atoms with van der Waals surface area (Å²) in [5.41, 5.74) is 1.92. The number of thiazole rings is 1. The fourth-order valence-electron chi connectivity index (χ4n) is 2.95. The van der Waals surface area contributed by atoms with Gasteiger partial charge >= 0.3 is 0 Å². The number of pyridine rings is 1. The van der Waals surface area contributed by atoms with Gasteiger partial charge in [-0.25, -0.2) is 4.98 Å². The van der Waals surface area contributed by atoms with Crippen LogP contribution in [-0.2, 0) is 12.8 Å². The molecule has 2 aromatic heterocycles. The summed E-state index contributed by atoms with van der Waals surface area (Å²) in [6.07, 6.45) is 3.50. The number of amides is 1. The molecule has 3 rings (SSSR count). The molecule has 0 saturated carbocycles. The van der Waals surface area contributed by atoms with Crippen molar-refractivity contribution in [2.45, 2.75) is 26.7 Å². The van der Waals surface area contributed by atoms with Crippen LogP contribution in [0.3, 0.4) is 0 Å². The van der Waals surface area contributed by atoms with Crippen LogP contribution >= 0.6 is 11.3 Å². The maximum Gasteiger partial charge on any atom is 0.265 e. The Balaban J connectivity index is 1.62. The van der Waals surface area contributed by atoms with Crippen LogP contribution in [0.4, 0.5) is 0 Å². The number of carbonyl (C=O) groups is 1. The van der Waals surface area contributed by atoms with Crippen molar-refractivity contribution in [1.82, 2.24) is 19.8 Å². The highest BCUT2D eigenvalue weighted by atomic mass is 32.1. The van der Waals surface area contributed by atoms with E-state index in [1.807, 2.05) is 36.2 Å². The van der Waals surface area contributed by atoms with Gasteiger partial charge in [-0.15, -0.1) is 11.3 Å². The van der Waals surface area contributed by atoms with Crippen molar-refractivity contribution in [3.63, 3.8) is 0 Å². The lowest BCUT2D eigenvalue weighted by Crippen LogP contribution is -2.48. The minimum atomic E-state index is 0.143. The van der Waals surface area contributed by atoms with Crippen molar-refractivity contribution in [2.75, 3.05) is 32.7 Å². The summed E-state index contributed by atoms with van der Waals surface area (Å²) in [7, 11) is 0. The molecule has 1 fully saturated rings. The molecule has 6 heteroatoms. The summed E-state index contributed by atoms with van der Waals surface area (Å²) < 4.78 is 0. The van der Waals surface area contributed by atoms with Crippen molar-refractivity contribution in [1.29, 1.82) is 0 Å². The molecule has 0 aromatic carbocycles. The number of rotatable bonds is 5. The lowest BCUT2D eigenvalue weighted by molar-refractivity contribution is 0.0647. The van der Waals surface area contributed by atoms with Gasteiger partial charge in [0.1, 0.15) is 4.88 Å². The number of nitrogens with zero attached hydrogens (tertiary/aromatic N) is 4. The second-order valence-corrected chi connectivity index (χ2v) is 7.15. The Morgan fingerprint density at radius 1 is 1.21 bits per heavy atom. The van der Waals surface area contributed by atoms with Crippen LogP contribution in [-0.4, -0.2) is 58.4 Å². The van der Waals surface area contributed by atoms with Gasteiger partial charge in [-0.2, -0.15) is 0 Å². The molecule has 24 heavy (non-hydrogen) atoms. The molecule has 0 bridgehead atoms. The summed E-state index contributed by atoms with van der Waals surface area (Å²) in [5, 5.41) is 1.02. The SMILES string of the molecule is CCN1CCN(C(=O)c2sc(CCc3ccccn3)nc2C)CC1. The van der Waals surface area contributed by atoms with E-state index in [0.717, 1.165) is 66.8 Å². The first-order valence-corrected chi connectivity index (χ1v) is 9.37. The van der Waals surface area contributed by atoms with Gasteiger partial charge < -0.3 is 9.80 Å². The zero-order valence-electron chi connectivity index (χ0n) is 14.4. The maximum absolute atomic E-state index is 12.8. The number of carbonyl (C=O) groups excluding carboxylic acids is 1. The van der Waals surface area contributed by atoms with Gasteiger partial charge in [-0.1, -0.05) is 13.0 Å². The van der Waals surface area contributed by atoms with Crippen LogP contribution in [0, 0.1) is 6.92 Å². The quantitative estimate of drug-likeness (QED) is 0.836. The molecule has 1 aliphatic heterocycles. The second-order valence-electron chi connectivity index (χ2n) is 6.07. The van der Waals surface area contributed by atoms with Gasteiger partial charge in [-0.3, -0.25) is 9.78 Å². The third kappa shape index (κ3) is 3.99. The van der Waals surface area contributed by atoms with E-state index in [1.54, 1.807) is 11.3 Å². The van der Waals surface area contributed by atoms with Crippen molar-refractivity contribution < 1.29 is 4.79 Å². The van der Waals surface area contributed by atoms with Gasteiger partial charge in [0, 0.05) is 44.5 Å². The number of hydrogen-bond donors (Lipinski definition) is 0. The number of piperazine rings is 1. The Labute approximate surface area is 147 Å². The maximum atomic E-state index is 12.8. The average molecular weight is 344 g/mol. The first-order chi connectivity index (χ1) is 11.7. The Hall–Kier alpha value is -1.79. The van der Waals surface area contributed by atoms with E-state index in [-0.39, 0.29) is 5.91 Å². The lowest BCUT2D eigenvalue weighted by atomic mass is 10.2. The predicted molar refractivity (Wildman–Crippen MR) is 96.5 cm³/mol. The van der Waals surface area contributed by atoms with Crippen LogP contribution in [0.5, 0.6) is 0 Å². The molecule has 0 N–H and O–H groups in total. The predicted octanol–water partition coefficient (Wildman–Crippen LogP) is 2.41. The van der Waals surface area contributed by atoms with Crippen LogP contribution in [0.25, 0.3) is 0 Å². The summed E-state index contributed by atoms with van der Waals surface area (Å²) in [6, 6.07) is 5.95. The lowest BCUT2D eigenvalue weighted by Gasteiger charge is -2.33. The van der Waals surface area contributed by atoms with Gasteiger partial charge in [-0.05, 0) is 32.0 Å². The topological polar surface area (TPSA) is 49.3 Å². The van der Waals surface area contributed by atoms with Crippen LogP contribution in [0.15, 0.2) is 24.4 Å². The molecule has 0 atom stereocenters. The van der Waals surface area contributed by atoms with Crippen LogP contribution < -0.4 is 0 Å². The Kier molecular flexibility index (Phi) is 5.58. The van der Waals surface area contributed by atoms with E-state index in [1.165, 1.54) is 0 Å². The molecular weight excluding hydrogens is 320 g/mol. The number of aryl methyl sites for hydroxylation is 3. The van der Waals surface area contributed by atoms with Crippen molar-refractivity contribution >= 4 is 17.2 Å². The molecule has 1 amide bonds. The summed E-state index contributed by atoms with van der Waals surface area (Å²) in [4.78, 5) is 26.9. The molecule has 1 saturated heterocycles. The molecular formula is C18H24N4OS. The molecule has 0 radical (unpaired) electrons. The molecule has 0 aliphatic carbocycles. The minimum absolute atomic E-state index is 0.143. The number of likely N-dealkylation sites (N-methyl/N-ethyl adjacent to an activating group) is 1. The minimum Gasteiger partial charge on any atom is -0.335 e. The number of hydrogen-bond acceptors (Lipinski definition) is 5. The van der Waals surface area contributed by atoms with E-state index < -0.39 is 0 Å². The largest absolute Gasteiger partial charge is 0.335 e. The van der Waals surface area contributed by atoms with Crippen molar-refractivity contribution in [2.24, 2.45) is 0 Å². The highest BCUT2D eigenvalue weighted by Gasteiger charge is 2.24. The van der Waals surface area contributed by atoms with E-state index in [2.05, 4.69) is 21.8 Å². The molecule has 5 nitrogen and oxygen atoms in total. The van der Waals surface area contributed by atoms with Gasteiger partial charge in [0.15, 0.2) is 0 Å². The zero-order chi connectivity index (χ0) is 16.9. The number of aromatic nitrogens is 2. The van der Waals surface area contributed by atoms with E-state index >= 15 is 0 Å². The van der Waals surface area contributed by atoms with Crippen LogP contribution in [0.1, 0.15) is 33.0 Å². The smallest absolute Gasteiger partial charge is 0.265 e. The first kappa shape index (κ1) is 17.0. The van der Waals surface area contributed by atoms with Crippen molar-refractivity contribution in [3.05, 3.63) is 45.7 Å². The summed E-state index contributed by atoms with van der Waals surface area (Å²) in [6.45, 7) is 8.72. The molecule has 128 valence electrons. The zero-order valence-corrected chi connectivity index (χ0v) is 15.2. The Bertz CT molecular complexity index is 678. The third-order valence-corrected chi connectivity index (χ3v) is 5.67. The third-order valence-electron chi connectivity index (χ3n) is 4.46. The van der Waals surface area contributed by atoms with Crippen LogP contribution in [0.2, 0.25) is 0 Å². The molecule has 0 spiro atoms.